The molecule has 0 aromatic rings. The number of hydrogen-bond donors (Lipinski definition) is 3. The average molecular weight is 1270 g/mol. The van der Waals surface area contributed by atoms with Gasteiger partial charge in [-0.15, -0.1) is 0 Å². The summed E-state index contributed by atoms with van der Waals surface area (Å²) in [5, 5.41) is 23.5. The Morgan fingerprint density at radius 1 is 0.311 bits per heavy atom. The van der Waals surface area contributed by atoms with Gasteiger partial charge in [-0.2, -0.15) is 0 Å². The number of ether oxygens (including phenoxy) is 1. The molecule has 0 bridgehead atoms. The molecule has 2 unspecified atom stereocenters. The molecule has 0 aliphatic heterocycles. The molecule has 0 aromatic heterocycles. The van der Waals surface area contributed by atoms with Gasteiger partial charge in [0, 0.05) is 12.8 Å². The molecule has 0 rings (SSSR count). The van der Waals surface area contributed by atoms with Crippen molar-refractivity contribution in [1.82, 2.24) is 5.32 Å². The van der Waals surface area contributed by atoms with Crippen molar-refractivity contribution >= 4 is 11.9 Å². The Hall–Kier alpha value is -1.66. The van der Waals surface area contributed by atoms with Gasteiger partial charge < -0.3 is 20.3 Å². The third-order valence-corrected chi connectivity index (χ3v) is 19.8. The third kappa shape index (κ3) is 75.4. The van der Waals surface area contributed by atoms with Crippen LogP contribution in [0.5, 0.6) is 0 Å². The van der Waals surface area contributed by atoms with Crippen LogP contribution in [0.25, 0.3) is 0 Å². The zero-order valence-electron chi connectivity index (χ0n) is 61.4. The fourth-order valence-electron chi connectivity index (χ4n) is 13.4. The third-order valence-electron chi connectivity index (χ3n) is 19.8. The van der Waals surface area contributed by atoms with Crippen LogP contribution in [0.4, 0.5) is 0 Å². The Bertz CT molecular complexity index is 1410. The second-order valence-corrected chi connectivity index (χ2v) is 28.8. The predicted octanol–water partition coefficient (Wildman–Crippen LogP) is 27.6. The summed E-state index contributed by atoms with van der Waals surface area (Å²) in [7, 11) is 0. The highest BCUT2D eigenvalue weighted by Gasteiger charge is 2.20. The summed E-state index contributed by atoms with van der Waals surface area (Å²) in [6.45, 7) is 5.01. The van der Waals surface area contributed by atoms with Crippen molar-refractivity contribution in [3.63, 3.8) is 0 Å². The molecule has 0 saturated heterocycles. The minimum Gasteiger partial charge on any atom is -0.466 e. The van der Waals surface area contributed by atoms with Gasteiger partial charge >= 0.3 is 5.97 Å². The lowest BCUT2D eigenvalue weighted by atomic mass is 10.0. The molecule has 6 heteroatoms. The van der Waals surface area contributed by atoms with Gasteiger partial charge in [-0.1, -0.05) is 430 Å². The summed E-state index contributed by atoms with van der Waals surface area (Å²) in [5.41, 5.74) is 0. The minimum atomic E-state index is -0.664. The highest BCUT2D eigenvalue weighted by molar-refractivity contribution is 5.76. The number of carbonyl (C=O) groups excluding carboxylic acids is 2. The minimum absolute atomic E-state index is 0.0214. The van der Waals surface area contributed by atoms with Gasteiger partial charge in [0.1, 0.15) is 0 Å². The Kier molecular flexibility index (Phi) is 78.3. The monoisotopic (exact) mass is 1270 g/mol. The smallest absolute Gasteiger partial charge is 0.305 e. The summed E-state index contributed by atoms with van der Waals surface area (Å²) in [6, 6.07) is -0.541. The van der Waals surface area contributed by atoms with Crippen LogP contribution < -0.4 is 5.32 Å². The van der Waals surface area contributed by atoms with Crippen LogP contribution in [-0.4, -0.2) is 47.4 Å². The number of unbranched alkanes of at least 4 members (excludes halogenated alkanes) is 64. The van der Waals surface area contributed by atoms with Gasteiger partial charge in [-0.25, -0.2) is 0 Å². The number of hydrogen-bond acceptors (Lipinski definition) is 5. The Balaban J connectivity index is 3.36. The summed E-state index contributed by atoms with van der Waals surface area (Å²) in [5.74, 6) is -0.00550. The van der Waals surface area contributed by atoms with Crippen molar-refractivity contribution in [3.8, 4) is 0 Å². The second kappa shape index (κ2) is 79.8. The van der Waals surface area contributed by atoms with Crippen LogP contribution >= 0.6 is 0 Å². The van der Waals surface area contributed by atoms with Crippen molar-refractivity contribution in [1.29, 1.82) is 0 Å². The molecule has 2 atom stereocenters. The first-order valence-corrected chi connectivity index (χ1v) is 41.6. The van der Waals surface area contributed by atoms with Crippen LogP contribution in [0.2, 0.25) is 0 Å². The largest absolute Gasteiger partial charge is 0.466 e. The number of allylic oxidation sites excluding steroid dienone is 4. The van der Waals surface area contributed by atoms with Crippen LogP contribution in [0.1, 0.15) is 476 Å². The molecule has 3 N–H and O–H groups in total. The Morgan fingerprint density at radius 2 is 0.556 bits per heavy atom. The number of amides is 1. The lowest BCUT2D eigenvalue weighted by Crippen LogP contribution is -2.45. The molecule has 0 aromatic carbocycles. The fourth-order valence-corrected chi connectivity index (χ4v) is 13.4. The van der Waals surface area contributed by atoms with Gasteiger partial charge in [0.2, 0.25) is 5.91 Å². The number of carbonyl (C=O) groups is 2. The van der Waals surface area contributed by atoms with Crippen molar-refractivity contribution in [2.75, 3.05) is 13.2 Å². The van der Waals surface area contributed by atoms with Gasteiger partial charge in [-0.3, -0.25) is 9.59 Å². The summed E-state index contributed by atoms with van der Waals surface area (Å²) in [4.78, 5) is 24.7. The Morgan fingerprint density at radius 3 is 0.844 bits per heavy atom. The standard InChI is InChI=1S/C84H163NO5/c1-3-5-7-9-11-13-15-17-19-21-22-23-39-42-45-48-52-56-60-64-68-72-76-82(87)81(80-86)85-83(88)77-73-69-65-61-57-53-49-46-43-40-37-35-33-31-29-27-25-24-26-28-30-32-34-36-38-41-44-47-51-55-59-63-67-71-75-79-90-84(89)78-74-70-66-62-58-54-50-20-18-16-14-12-10-8-6-4-2/h26,28,32,34,81-82,86-87H,3-25,27,29-31,33,35-80H2,1-2H3,(H,85,88)/b28-26-,34-32-. The lowest BCUT2D eigenvalue weighted by molar-refractivity contribution is -0.143. The molecule has 0 saturated carbocycles. The maximum absolute atomic E-state index is 12.6. The van der Waals surface area contributed by atoms with Gasteiger partial charge in [-0.05, 0) is 57.8 Å². The summed E-state index contributed by atoms with van der Waals surface area (Å²) in [6.07, 6.45) is 103. The average Bonchev–Trinajstić information content (AvgIpc) is 3.58. The summed E-state index contributed by atoms with van der Waals surface area (Å²) < 4.78 is 5.51. The van der Waals surface area contributed by atoms with Gasteiger partial charge in [0.15, 0.2) is 0 Å². The van der Waals surface area contributed by atoms with Gasteiger partial charge in [0.05, 0.1) is 25.4 Å². The van der Waals surface area contributed by atoms with Crippen LogP contribution in [-0.2, 0) is 14.3 Å². The molecular weight excluding hydrogens is 1100 g/mol. The maximum Gasteiger partial charge on any atom is 0.305 e. The van der Waals surface area contributed by atoms with Crippen LogP contribution in [0.15, 0.2) is 24.3 Å². The normalized spacial score (nSPS) is 12.5. The predicted molar refractivity (Wildman–Crippen MR) is 398 cm³/mol. The quantitative estimate of drug-likeness (QED) is 0.0320. The fraction of sp³-hybridized carbons (Fsp3) is 0.929. The molecule has 0 radical (unpaired) electrons. The van der Waals surface area contributed by atoms with Crippen molar-refractivity contribution in [2.24, 2.45) is 0 Å². The van der Waals surface area contributed by atoms with E-state index in [4.69, 9.17) is 4.74 Å². The topological polar surface area (TPSA) is 95.9 Å². The molecule has 90 heavy (non-hydrogen) atoms. The van der Waals surface area contributed by atoms with E-state index in [-0.39, 0.29) is 18.5 Å². The van der Waals surface area contributed by atoms with E-state index in [0.29, 0.717) is 25.9 Å². The number of aliphatic hydroxyl groups excluding tert-OH is 2. The molecular formula is C84H163NO5. The van der Waals surface area contributed by atoms with E-state index in [1.54, 1.807) is 0 Å². The van der Waals surface area contributed by atoms with Crippen LogP contribution in [0.3, 0.4) is 0 Å². The molecule has 0 fully saturated rings. The first-order chi connectivity index (χ1) is 44.5. The molecule has 0 spiro atoms. The Labute approximate surface area is 564 Å². The molecule has 534 valence electrons. The second-order valence-electron chi connectivity index (χ2n) is 28.8. The highest BCUT2D eigenvalue weighted by atomic mass is 16.5. The van der Waals surface area contributed by atoms with E-state index in [9.17, 15) is 19.8 Å². The summed E-state index contributed by atoms with van der Waals surface area (Å²) >= 11 is 0. The number of esters is 1. The number of nitrogens with one attached hydrogen (secondary N) is 1. The van der Waals surface area contributed by atoms with E-state index in [0.717, 1.165) is 44.9 Å². The van der Waals surface area contributed by atoms with Crippen molar-refractivity contribution in [3.05, 3.63) is 24.3 Å². The van der Waals surface area contributed by atoms with E-state index in [1.807, 2.05) is 0 Å². The van der Waals surface area contributed by atoms with Crippen molar-refractivity contribution < 1.29 is 24.5 Å². The first-order valence-electron chi connectivity index (χ1n) is 41.6. The maximum atomic E-state index is 12.6. The SMILES string of the molecule is CCCCCCCCCCCCCCCCCCCCCCCCC(O)C(CO)NC(=O)CCCCCCCCCCCCCCCCCCC/C=C\C/C=C\CCCCCCCCCCCCCOC(=O)CCCCCCCCCCCCCCCCCC. The molecule has 0 aliphatic carbocycles. The van der Waals surface area contributed by atoms with E-state index in [1.165, 1.54) is 398 Å². The zero-order valence-corrected chi connectivity index (χ0v) is 61.4. The molecule has 6 nitrogen and oxygen atoms in total. The lowest BCUT2D eigenvalue weighted by Gasteiger charge is -2.22. The first kappa shape index (κ1) is 88.3. The molecule has 0 heterocycles. The van der Waals surface area contributed by atoms with E-state index < -0.39 is 12.1 Å². The number of aliphatic hydroxyl groups is 2. The number of rotatable bonds is 79. The van der Waals surface area contributed by atoms with Crippen molar-refractivity contribution in [2.45, 2.75) is 488 Å². The van der Waals surface area contributed by atoms with Gasteiger partial charge in [0.25, 0.3) is 0 Å². The van der Waals surface area contributed by atoms with E-state index in [2.05, 4.69) is 43.5 Å². The van der Waals surface area contributed by atoms with E-state index >= 15 is 0 Å². The zero-order chi connectivity index (χ0) is 64.9. The van der Waals surface area contributed by atoms with Crippen LogP contribution in [0, 0.1) is 0 Å². The molecule has 0 aliphatic rings. The molecule has 1 amide bonds. The highest BCUT2D eigenvalue weighted by Crippen LogP contribution is 2.20.